The molecule has 0 aliphatic carbocycles. The zero-order chi connectivity index (χ0) is 17.0. The van der Waals surface area contributed by atoms with Crippen molar-refractivity contribution in [2.24, 2.45) is 0 Å². The summed E-state index contributed by atoms with van der Waals surface area (Å²) in [7, 11) is 0. The second-order valence-corrected chi connectivity index (χ2v) is 5.73. The number of hydrogen-bond donors (Lipinski definition) is 2. The first-order chi connectivity index (χ1) is 10.8. The summed E-state index contributed by atoms with van der Waals surface area (Å²) in [6, 6.07) is 1.79. The van der Waals surface area contributed by atoms with Gasteiger partial charge < -0.3 is 5.73 Å². The summed E-state index contributed by atoms with van der Waals surface area (Å²) >= 11 is 1.13. The van der Waals surface area contributed by atoms with Gasteiger partial charge in [-0.1, -0.05) is 23.1 Å². The van der Waals surface area contributed by atoms with Gasteiger partial charge in [0.05, 0.1) is 11.9 Å². The van der Waals surface area contributed by atoms with E-state index in [9.17, 15) is 18.0 Å². The standard InChI is InChI=1S/C10H6F3N7OS2/c11-10(12,13)7-19-20-9(23-7)17-5(21)3-22-8-16-2-4(1-14)6(15)18-8/h2H,3H2,(H2,15,16,18)(H,17,20,21). The molecule has 2 heterocycles. The van der Waals surface area contributed by atoms with E-state index in [1.165, 1.54) is 6.20 Å². The van der Waals surface area contributed by atoms with Crippen molar-refractivity contribution < 1.29 is 18.0 Å². The average Bonchev–Trinajstić information content (AvgIpc) is 2.94. The van der Waals surface area contributed by atoms with Crippen LogP contribution in [0.1, 0.15) is 10.6 Å². The summed E-state index contributed by atoms with van der Waals surface area (Å²) in [6.45, 7) is 0. The Bertz CT molecular complexity index is 771. The number of anilines is 2. The van der Waals surface area contributed by atoms with E-state index >= 15 is 0 Å². The van der Waals surface area contributed by atoms with Gasteiger partial charge in [0.15, 0.2) is 5.16 Å². The molecule has 2 aromatic rings. The van der Waals surface area contributed by atoms with E-state index in [2.05, 4.69) is 25.5 Å². The number of nitrogens with one attached hydrogen (secondary N) is 1. The summed E-state index contributed by atoms with van der Waals surface area (Å²) in [6.07, 6.45) is -3.40. The molecule has 0 fully saturated rings. The van der Waals surface area contributed by atoms with Crippen LogP contribution in [0.3, 0.4) is 0 Å². The fraction of sp³-hybridized carbons (Fsp3) is 0.200. The summed E-state index contributed by atoms with van der Waals surface area (Å²) in [5.74, 6) is -0.803. The van der Waals surface area contributed by atoms with E-state index in [1.807, 2.05) is 0 Å². The maximum atomic E-state index is 12.3. The number of amides is 1. The van der Waals surface area contributed by atoms with Gasteiger partial charge in [-0.05, 0) is 0 Å². The topological polar surface area (TPSA) is 130 Å². The monoisotopic (exact) mass is 361 g/mol. The van der Waals surface area contributed by atoms with Crippen molar-refractivity contribution in [3.63, 3.8) is 0 Å². The highest BCUT2D eigenvalue weighted by Gasteiger charge is 2.35. The molecule has 120 valence electrons. The van der Waals surface area contributed by atoms with Crippen LogP contribution in [0, 0.1) is 11.3 Å². The maximum absolute atomic E-state index is 12.3. The van der Waals surface area contributed by atoms with E-state index in [-0.39, 0.29) is 38.8 Å². The number of alkyl halides is 3. The molecule has 8 nitrogen and oxygen atoms in total. The number of aromatic nitrogens is 4. The van der Waals surface area contributed by atoms with Crippen molar-refractivity contribution in [3.05, 3.63) is 16.8 Å². The van der Waals surface area contributed by atoms with Crippen LogP contribution in [-0.2, 0) is 11.0 Å². The van der Waals surface area contributed by atoms with Crippen molar-refractivity contribution in [1.29, 1.82) is 5.26 Å². The fourth-order valence-electron chi connectivity index (χ4n) is 1.21. The van der Waals surface area contributed by atoms with Crippen molar-refractivity contribution in [1.82, 2.24) is 20.2 Å². The van der Waals surface area contributed by atoms with Crippen molar-refractivity contribution in [2.45, 2.75) is 11.3 Å². The highest BCUT2D eigenvalue weighted by Crippen LogP contribution is 2.33. The van der Waals surface area contributed by atoms with Crippen LogP contribution in [-0.4, -0.2) is 31.8 Å². The lowest BCUT2D eigenvalue weighted by Crippen LogP contribution is -2.14. The lowest BCUT2D eigenvalue weighted by atomic mass is 10.3. The zero-order valence-electron chi connectivity index (χ0n) is 11.0. The zero-order valence-corrected chi connectivity index (χ0v) is 12.6. The van der Waals surface area contributed by atoms with Gasteiger partial charge in [0.1, 0.15) is 17.5 Å². The molecule has 2 rings (SSSR count). The molecule has 23 heavy (non-hydrogen) atoms. The Balaban J connectivity index is 1.92. The summed E-state index contributed by atoms with van der Waals surface area (Å²) in [4.78, 5) is 19.3. The first kappa shape index (κ1) is 16.9. The van der Waals surface area contributed by atoms with Crippen LogP contribution < -0.4 is 11.1 Å². The van der Waals surface area contributed by atoms with E-state index < -0.39 is 17.1 Å². The van der Waals surface area contributed by atoms with Crippen LogP contribution in [0.25, 0.3) is 0 Å². The third-order valence-corrected chi connectivity index (χ3v) is 3.91. The fourth-order valence-corrected chi connectivity index (χ4v) is 2.46. The Labute approximate surface area is 134 Å². The lowest BCUT2D eigenvalue weighted by molar-refractivity contribution is -0.138. The number of hydrogen-bond acceptors (Lipinski definition) is 9. The first-order valence-corrected chi connectivity index (χ1v) is 7.45. The van der Waals surface area contributed by atoms with E-state index in [0.29, 0.717) is 0 Å². The highest BCUT2D eigenvalue weighted by atomic mass is 32.2. The molecule has 13 heteroatoms. The summed E-state index contributed by atoms with van der Waals surface area (Å²) in [5.41, 5.74) is 5.60. The molecule has 0 saturated carbocycles. The molecule has 0 bridgehead atoms. The number of thioether (sulfide) groups is 1. The molecule has 0 aliphatic heterocycles. The Morgan fingerprint density at radius 3 is 2.78 bits per heavy atom. The molecule has 1 amide bonds. The molecule has 0 saturated heterocycles. The first-order valence-electron chi connectivity index (χ1n) is 5.65. The van der Waals surface area contributed by atoms with Crippen LogP contribution >= 0.6 is 23.1 Å². The van der Waals surface area contributed by atoms with Crippen LogP contribution in [0.4, 0.5) is 24.1 Å². The number of nitrogens with two attached hydrogens (primary N) is 1. The number of nitriles is 1. The number of carbonyl (C=O) groups excluding carboxylic acids is 1. The van der Waals surface area contributed by atoms with E-state index in [1.54, 1.807) is 6.07 Å². The largest absolute Gasteiger partial charge is 0.445 e. The van der Waals surface area contributed by atoms with Gasteiger partial charge in [0.2, 0.25) is 16.0 Å². The third-order valence-electron chi connectivity index (χ3n) is 2.16. The normalized spacial score (nSPS) is 11.0. The van der Waals surface area contributed by atoms with Crippen molar-refractivity contribution in [2.75, 3.05) is 16.8 Å². The maximum Gasteiger partial charge on any atom is 0.445 e. The van der Waals surface area contributed by atoms with Crippen LogP contribution in [0.15, 0.2) is 11.4 Å². The molecule has 0 unspecified atom stereocenters. The van der Waals surface area contributed by atoms with Crippen LogP contribution in [0.2, 0.25) is 0 Å². The Hall–Kier alpha value is -2.46. The van der Waals surface area contributed by atoms with Gasteiger partial charge in [0.25, 0.3) is 0 Å². The Kier molecular flexibility index (Phi) is 4.96. The number of rotatable bonds is 4. The molecule has 2 aromatic heterocycles. The predicted octanol–water partition coefficient (Wildman–Crippen LogP) is 1.53. The van der Waals surface area contributed by atoms with Gasteiger partial charge in [-0.2, -0.15) is 18.4 Å². The van der Waals surface area contributed by atoms with Crippen molar-refractivity contribution in [3.8, 4) is 6.07 Å². The van der Waals surface area contributed by atoms with Gasteiger partial charge >= 0.3 is 6.18 Å². The molecular weight excluding hydrogens is 355 g/mol. The minimum atomic E-state index is -4.61. The van der Waals surface area contributed by atoms with Gasteiger partial charge in [-0.3, -0.25) is 10.1 Å². The Morgan fingerprint density at radius 2 is 2.22 bits per heavy atom. The quantitative estimate of drug-likeness (QED) is 0.619. The Morgan fingerprint density at radius 1 is 1.48 bits per heavy atom. The SMILES string of the molecule is N#Cc1cnc(SCC(=O)Nc2nnc(C(F)(F)F)s2)nc1N. The van der Waals surface area contributed by atoms with Crippen molar-refractivity contribution >= 4 is 40.0 Å². The highest BCUT2D eigenvalue weighted by molar-refractivity contribution is 7.99. The average molecular weight is 361 g/mol. The second kappa shape index (κ2) is 6.75. The second-order valence-electron chi connectivity index (χ2n) is 3.81. The van der Waals surface area contributed by atoms with Crippen LogP contribution in [0.5, 0.6) is 0 Å². The number of nitrogens with zero attached hydrogens (tertiary/aromatic N) is 5. The van der Waals surface area contributed by atoms with E-state index in [4.69, 9.17) is 11.0 Å². The third kappa shape index (κ3) is 4.50. The summed E-state index contributed by atoms with van der Waals surface area (Å²) < 4.78 is 37.0. The molecule has 0 aliphatic rings. The minimum absolute atomic E-state index is 0.0237. The minimum Gasteiger partial charge on any atom is -0.382 e. The lowest BCUT2D eigenvalue weighted by Gasteiger charge is -2.02. The molecule has 0 atom stereocenters. The molecular formula is C10H6F3N7OS2. The van der Waals surface area contributed by atoms with E-state index in [0.717, 1.165) is 11.8 Å². The molecule has 0 aromatic carbocycles. The van der Waals surface area contributed by atoms with Gasteiger partial charge in [-0.25, -0.2) is 9.97 Å². The van der Waals surface area contributed by atoms with Gasteiger partial charge in [0, 0.05) is 0 Å². The molecule has 3 N–H and O–H groups in total. The number of halogens is 3. The smallest absolute Gasteiger partial charge is 0.382 e. The van der Waals surface area contributed by atoms with Gasteiger partial charge in [-0.15, -0.1) is 10.2 Å². The number of nitrogen functional groups attached to an aromatic ring is 1. The predicted molar refractivity (Wildman–Crippen MR) is 75.4 cm³/mol. The number of carbonyl (C=O) groups is 1. The molecule has 0 spiro atoms. The molecule has 0 radical (unpaired) electrons. The summed E-state index contributed by atoms with van der Waals surface area (Å²) in [5, 5.41) is 15.8.